The minimum Gasteiger partial charge on any atom is -0.366 e. The van der Waals surface area contributed by atoms with Gasteiger partial charge in [0.05, 0.1) is 15.9 Å². The van der Waals surface area contributed by atoms with Crippen molar-refractivity contribution in [3.05, 3.63) is 41.4 Å². The van der Waals surface area contributed by atoms with Crippen molar-refractivity contribution in [1.29, 1.82) is 0 Å². The first kappa shape index (κ1) is 18.9. The molecule has 9 heteroatoms. The average molecular weight is 433 g/mol. The molecule has 0 aromatic carbocycles. The molecular formula is C22H24N8S. The zero-order chi connectivity index (χ0) is 21.2. The van der Waals surface area contributed by atoms with Crippen LogP contribution < -0.4 is 5.32 Å². The van der Waals surface area contributed by atoms with Crippen molar-refractivity contribution in [1.82, 2.24) is 35.0 Å². The second-order valence-corrected chi connectivity index (χ2v) is 10.1. The Labute approximate surface area is 184 Å². The Morgan fingerprint density at radius 1 is 1.06 bits per heavy atom. The van der Waals surface area contributed by atoms with Crippen molar-refractivity contribution >= 4 is 37.6 Å². The largest absolute Gasteiger partial charge is 0.366 e. The summed E-state index contributed by atoms with van der Waals surface area (Å²) < 4.78 is 1.08. The number of aryl methyl sites for hydroxylation is 3. The van der Waals surface area contributed by atoms with Crippen LogP contribution in [0.15, 0.2) is 18.7 Å². The molecule has 158 valence electrons. The minimum absolute atomic E-state index is 0.453. The molecule has 0 amide bonds. The van der Waals surface area contributed by atoms with Crippen LogP contribution in [0.1, 0.15) is 35.5 Å². The van der Waals surface area contributed by atoms with Crippen LogP contribution in [-0.4, -0.2) is 54.2 Å². The molecule has 5 heterocycles. The molecule has 1 aliphatic heterocycles. The normalized spacial score (nSPS) is 18.4. The summed E-state index contributed by atoms with van der Waals surface area (Å²) >= 11 is 1.63. The lowest BCUT2D eigenvalue weighted by Crippen LogP contribution is -2.64. The fourth-order valence-electron chi connectivity index (χ4n) is 5.10. The Balaban J connectivity index is 1.13. The zero-order valence-corrected chi connectivity index (χ0v) is 18.7. The van der Waals surface area contributed by atoms with Gasteiger partial charge >= 0.3 is 0 Å². The van der Waals surface area contributed by atoms with Crippen molar-refractivity contribution in [3.8, 4) is 0 Å². The molecular weight excluding hydrogens is 408 g/mol. The summed E-state index contributed by atoms with van der Waals surface area (Å²) in [7, 11) is 0. The number of hydrogen-bond acceptors (Lipinski definition) is 9. The fourth-order valence-corrected chi connectivity index (χ4v) is 6.18. The molecule has 1 N–H and O–H groups in total. The Morgan fingerprint density at radius 3 is 2.61 bits per heavy atom. The van der Waals surface area contributed by atoms with E-state index in [1.807, 2.05) is 26.2 Å². The van der Waals surface area contributed by atoms with Crippen LogP contribution in [0.4, 0.5) is 5.82 Å². The molecule has 2 aliphatic rings. The highest BCUT2D eigenvalue weighted by molar-refractivity contribution is 7.25. The summed E-state index contributed by atoms with van der Waals surface area (Å²) in [6.07, 6.45) is 7.91. The molecule has 1 saturated carbocycles. The van der Waals surface area contributed by atoms with Gasteiger partial charge in [0, 0.05) is 49.0 Å². The third kappa shape index (κ3) is 3.14. The topological polar surface area (TPSA) is 92.6 Å². The van der Waals surface area contributed by atoms with Gasteiger partial charge in [-0.05, 0) is 44.6 Å². The molecule has 4 aromatic heterocycles. The maximum atomic E-state index is 4.57. The third-order valence-electron chi connectivity index (χ3n) is 6.72. The van der Waals surface area contributed by atoms with Gasteiger partial charge in [-0.3, -0.25) is 4.90 Å². The minimum atomic E-state index is 0.453. The van der Waals surface area contributed by atoms with E-state index in [9.17, 15) is 0 Å². The molecule has 1 saturated heterocycles. The van der Waals surface area contributed by atoms with Crippen LogP contribution in [0, 0.1) is 26.2 Å². The molecule has 1 aliphatic carbocycles. The maximum Gasteiger partial charge on any atom is 0.149 e. The highest BCUT2D eigenvalue weighted by Crippen LogP contribution is 2.50. The lowest BCUT2D eigenvalue weighted by Gasteiger charge is -2.59. The SMILES string of the molecule is Cc1ncc(CN2CC3(CC(Nc4ncnc5c4sc4nnc(C)c(C)c45)C3)C2)cn1. The molecule has 0 atom stereocenters. The first-order valence-corrected chi connectivity index (χ1v) is 11.4. The number of anilines is 1. The lowest BCUT2D eigenvalue weighted by atomic mass is 9.60. The highest BCUT2D eigenvalue weighted by atomic mass is 32.1. The van der Waals surface area contributed by atoms with Gasteiger partial charge in [-0.25, -0.2) is 19.9 Å². The molecule has 8 nitrogen and oxygen atoms in total. The molecule has 0 bridgehead atoms. The van der Waals surface area contributed by atoms with E-state index in [0.29, 0.717) is 11.5 Å². The van der Waals surface area contributed by atoms with Crippen LogP contribution in [0.5, 0.6) is 0 Å². The van der Waals surface area contributed by atoms with E-state index in [1.165, 1.54) is 18.4 Å². The first-order valence-electron chi connectivity index (χ1n) is 10.6. The van der Waals surface area contributed by atoms with Gasteiger partial charge in [0.1, 0.15) is 22.8 Å². The van der Waals surface area contributed by atoms with Gasteiger partial charge in [0.2, 0.25) is 0 Å². The van der Waals surface area contributed by atoms with Gasteiger partial charge in [0.15, 0.2) is 0 Å². The van der Waals surface area contributed by atoms with E-state index < -0.39 is 0 Å². The number of likely N-dealkylation sites (tertiary alicyclic amines) is 1. The molecule has 2 fully saturated rings. The number of thiophene rings is 1. The Hall–Kier alpha value is -2.78. The van der Waals surface area contributed by atoms with Crippen molar-refractivity contribution in [2.75, 3.05) is 18.4 Å². The van der Waals surface area contributed by atoms with E-state index in [1.54, 1.807) is 17.7 Å². The van der Waals surface area contributed by atoms with Gasteiger partial charge in [-0.15, -0.1) is 16.4 Å². The van der Waals surface area contributed by atoms with Crippen LogP contribution in [0.25, 0.3) is 20.4 Å². The molecule has 0 radical (unpaired) electrons. The van der Waals surface area contributed by atoms with Crippen LogP contribution in [0.2, 0.25) is 0 Å². The number of fused-ring (bicyclic) bond motifs is 3. The monoisotopic (exact) mass is 432 g/mol. The van der Waals surface area contributed by atoms with Crippen LogP contribution >= 0.6 is 11.3 Å². The summed E-state index contributed by atoms with van der Waals surface area (Å²) in [5.74, 6) is 1.75. The summed E-state index contributed by atoms with van der Waals surface area (Å²) in [5, 5.41) is 13.5. The van der Waals surface area contributed by atoms with Crippen molar-refractivity contribution in [3.63, 3.8) is 0 Å². The van der Waals surface area contributed by atoms with E-state index in [2.05, 4.69) is 47.3 Å². The number of hydrogen-bond donors (Lipinski definition) is 1. The average Bonchev–Trinajstić information content (AvgIpc) is 3.09. The first-order chi connectivity index (χ1) is 15.0. The van der Waals surface area contributed by atoms with Crippen molar-refractivity contribution in [2.45, 2.75) is 46.2 Å². The Kier molecular flexibility index (Phi) is 4.19. The fraction of sp³-hybridized carbons (Fsp3) is 0.455. The number of nitrogens with one attached hydrogen (secondary N) is 1. The Morgan fingerprint density at radius 2 is 1.84 bits per heavy atom. The summed E-state index contributed by atoms with van der Waals surface area (Å²) in [6.45, 7) is 9.24. The number of rotatable bonds is 4. The third-order valence-corrected chi connectivity index (χ3v) is 7.79. The van der Waals surface area contributed by atoms with E-state index in [0.717, 1.165) is 63.0 Å². The Bertz CT molecular complexity index is 1280. The van der Waals surface area contributed by atoms with E-state index in [-0.39, 0.29) is 0 Å². The number of aromatic nitrogens is 6. The molecule has 1 spiro atoms. The molecule has 6 rings (SSSR count). The smallest absolute Gasteiger partial charge is 0.149 e. The molecule has 0 unspecified atom stereocenters. The van der Waals surface area contributed by atoms with E-state index in [4.69, 9.17) is 0 Å². The quantitative estimate of drug-likeness (QED) is 0.524. The van der Waals surface area contributed by atoms with Gasteiger partial charge in [-0.2, -0.15) is 5.10 Å². The second kappa shape index (κ2) is 6.86. The predicted molar refractivity (Wildman–Crippen MR) is 121 cm³/mol. The van der Waals surface area contributed by atoms with Crippen molar-refractivity contribution in [2.24, 2.45) is 5.41 Å². The predicted octanol–water partition coefficient (Wildman–Crippen LogP) is 3.43. The summed E-state index contributed by atoms with van der Waals surface area (Å²) in [5.41, 5.74) is 4.73. The van der Waals surface area contributed by atoms with Crippen molar-refractivity contribution < 1.29 is 0 Å². The number of nitrogens with zero attached hydrogens (tertiary/aromatic N) is 7. The molecule has 31 heavy (non-hydrogen) atoms. The molecule has 4 aromatic rings. The van der Waals surface area contributed by atoms with Crippen LogP contribution in [0.3, 0.4) is 0 Å². The van der Waals surface area contributed by atoms with Gasteiger partial charge in [-0.1, -0.05) is 0 Å². The van der Waals surface area contributed by atoms with Gasteiger partial charge < -0.3 is 5.32 Å². The zero-order valence-electron chi connectivity index (χ0n) is 17.9. The van der Waals surface area contributed by atoms with Gasteiger partial charge in [0.25, 0.3) is 0 Å². The summed E-state index contributed by atoms with van der Waals surface area (Å²) in [6, 6.07) is 0.460. The summed E-state index contributed by atoms with van der Waals surface area (Å²) in [4.78, 5) is 21.2. The maximum absolute atomic E-state index is 4.57. The standard InChI is InChI=1S/C22H24N8S/c1-12-13(2)28-29-21-17(12)18-19(31-21)20(26-11-25-18)27-16-4-22(5-16)9-30(10-22)8-15-6-23-14(3)24-7-15/h6-7,11,16H,4-5,8-10H2,1-3H3,(H,25,26,27). The lowest BCUT2D eigenvalue weighted by molar-refractivity contribution is -0.0712. The van der Waals surface area contributed by atoms with E-state index >= 15 is 0 Å². The second-order valence-electron chi connectivity index (χ2n) is 9.13. The van der Waals surface area contributed by atoms with Crippen LogP contribution in [-0.2, 0) is 6.54 Å². The highest BCUT2D eigenvalue weighted by Gasteiger charge is 2.52.